The Morgan fingerprint density at radius 1 is 1.45 bits per heavy atom. The first-order valence-electron chi connectivity index (χ1n) is 6.72. The zero-order chi connectivity index (χ0) is 16.3. The van der Waals surface area contributed by atoms with E-state index in [2.05, 4.69) is 9.97 Å². The average molecular weight is 337 g/mol. The lowest BCUT2D eigenvalue weighted by Gasteiger charge is -2.18. The summed E-state index contributed by atoms with van der Waals surface area (Å²) in [5.74, 6) is 0.724. The first-order valence-corrected chi connectivity index (χ1v) is 8.82. The van der Waals surface area contributed by atoms with Crippen molar-refractivity contribution < 1.29 is 9.53 Å². The SMILES string of the molecule is COc1c(C)cnc(CN(C)C(=O)c2csc(SC)n2)c1C. The number of carbonyl (C=O) groups is 1. The highest BCUT2D eigenvalue weighted by atomic mass is 32.2. The normalized spacial score (nSPS) is 10.6. The Bertz CT molecular complexity index is 685. The summed E-state index contributed by atoms with van der Waals surface area (Å²) in [6, 6.07) is 0. The van der Waals surface area contributed by atoms with Gasteiger partial charge in [-0.2, -0.15) is 0 Å². The molecule has 0 aliphatic heterocycles. The minimum Gasteiger partial charge on any atom is -0.496 e. The van der Waals surface area contributed by atoms with Gasteiger partial charge in [0, 0.05) is 29.8 Å². The van der Waals surface area contributed by atoms with Gasteiger partial charge in [0.2, 0.25) is 0 Å². The van der Waals surface area contributed by atoms with Crippen molar-refractivity contribution in [3.8, 4) is 5.75 Å². The Kier molecular flexibility index (Phi) is 5.42. The van der Waals surface area contributed by atoms with Crippen LogP contribution < -0.4 is 4.74 Å². The topological polar surface area (TPSA) is 55.3 Å². The second-order valence-electron chi connectivity index (χ2n) is 4.91. The molecule has 0 fully saturated rings. The smallest absolute Gasteiger partial charge is 0.273 e. The number of amides is 1. The maximum absolute atomic E-state index is 12.4. The van der Waals surface area contributed by atoms with E-state index < -0.39 is 0 Å². The van der Waals surface area contributed by atoms with E-state index in [0.717, 1.165) is 26.9 Å². The number of hydrogen-bond donors (Lipinski definition) is 0. The van der Waals surface area contributed by atoms with Crippen molar-refractivity contribution in [1.82, 2.24) is 14.9 Å². The molecular formula is C15H19N3O2S2. The van der Waals surface area contributed by atoms with Crippen molar-refractivity contribution in [2.45, 2.75) is 24.7 Å². The molecule has 0 N–H and O–H groups in total. The highest BCUT2D eigenvalue weighted by Crippen LogP contribution is 2.25. The molecular weight excluding hydrogens is 318 g/mol. The summed E-state index contributed by atoms with van der Waals surface area (Å²) in [5, 5.41) is 1.79. The molecule has 7 heteroatoms. The summed E-state index contributed by atoms with van der Waals surface area (Å²) < 4.78 is 6.30. The molecule has 0 spiro atoms. The van der Waals surface area contributed by atoms with E-state index in [1.165, 1.54) is 23.1 Å². The molecule has 0 atom stereocenters. The molecule has 0 bridgehead atoms. The molecule has 2 aromatic rings. The second kappa shape index (κ2) is 7.11. The van der Waals surface area contributed by atoms with Crippen molar-refractivity contribution in [2.24, 2.45) is 0 Å². The largest absolute Gasteiger partial charge is 0.496 e. The van der Waals surface area contributed by atoms with Gasteiger partial charge in [0.25, 0.3) is 5.91 Å². The first kappa shape index (κ1) is 16.8. The standard InChI is InChI=1S/C15H19N3O2S2/c1-9-6-16-11(10(2)13(9)20-4)7-18(3)14(19)12-8-22-15(17-12)21-5/h6,8H,7H2,1-5H3. The number of thiazole rings is 1. The van der Waals surface area contributed by atoms with Gasteiger partial charge in [-0.3, -0.25) is 9.78 Å². The number of methoxy groups -OCH3 is 1. The molecule has 2 aromatic heterocycles. The summed E-state index contributed by atoms with van der Waals surface area (Å²) in [4.78, 5) is 22.8. The molecule has 0 aliphatic carbocycles. The van der Waals surface area contributed by atoms with E-state index in [1.807, 2.05) is 20.1 Å². The van der Waals surface area contributed by atoms with E-state index in [0.29, 0.717) is 12.2 Å². The van der Waals surface area contributed by atoms with Gasteiger partial charge in [-0.05, 0) is 20.1 Å². The quantitative estimate of drug-likeness (QED) is 0.785. The van der Waals surface area contributed by atoms with Gasteiger partial charge in [0.15, 0.2) is 0 Å². The van der Waals surface area contributed by atoms with Gasteiger partial charge in [-0.15, -0.1) is 11.3 Å². The Morgan fingerprint density at radius 2 is 2.18 bits per heavy atom. The first-order chi connectivity index (χ1) is 10.5. The van der Waals surface area contributed by atoms with Crippen LogP contribution in [0.15, 0.2) is 15.9 Å². The van der Waals surface area contributed by atoms with Crippen molar-refractivity contribution in [1.29, 1.82) is 0 Å². The van der Waals surface area contributed by atoms with Crippen LogP contribution in [0, 0.1) is 13.8 Å². The van der Waals surface area contributed by atoms with Crippen LogP contribution in [-0.4, -0.2) is 41.2 Å². The molecule has 0 unspecified atom stereocenters. The number of carbonyl (C=O) groups excluding carboxylic acids is 1. The molecule has 0 aromatic carbocycles. The molecule has 1 amide bonds. The number of aromatic nitrogens is 2. The Balaban J connectivity index is 2.18. The van der Waals surface area contributed by atoms with E-state index in [-0.39, 0.29) is 5.91 Å². The fourth-order valence-corrected chi connectivity index (χ4v) is 3.41. The zero-order valence-electron chi connectivity index (χ0n) is 13.3. The van der Waals surface area contributed by atoms with Crippen LogP contribution in [-0.2, 0) is 6.54 Å². The third kappa shape index (κ3) is 3.41. The lowest BCUT2D eigenvalue weighted by Crippen LogP contribution is -2.27. The van der Waals surface area contributed by atoms with Crippen molar-refractivity contribution >= 4 is 29.0 Å². The van der Waals surface area contributed by atoms with Gasteiger partial charge >= 0.3 is 0 Å². The van der Waals surface area contributed by atoms with Crippen LogP contribution in [0.25, 0.3) is 0 Å². The van der Waals surface area contributed by atoms with E-state index in [4.69, 9.17) is 4.74 Å². The van der Waals surface area contributed by atoms with Gasteiger partial charge < -0.3 is 9.64 Å². The molecule has 0 aliphatic rings. The fourth-order valence-electron chi connectivity index (χ4n) is 2.17. The van der Waals surface area contributed by atoms with Gasteiger partial charge in [0.1, 0.15) is 15.8 Å². The summed E-state index contributed by atoms with van der Waals surface area (Å²) in [7, 11) is 3.40. The van der Waals surface area contributed by atoms with Crippen molar-refractivity contribution in [2.75, 3.05) is 20.4 Å². The Labute approximate surface area is 138 Å². The molecule has 22 heavy (non-hydrogen) atoms. The van der Waals surface area contributed by atoms with Gasteiger partial charge in [-0.1, -0.05) is 11.8 Å². The summed E-state index contributed by atoms with van der Waals surface area (Å²) in [5.41, 5.74) is 3.26. The molecule has 2 heterocycles. The molecule has 118 valence electrons. The highest BCUT2D eigenvalue weighted by Gasteiger charge is 2.18. The zero-order valence-corrected chi connectivity index (χ0v) is 15.0. The predicted octanol–water partition coefficient (Wildman–Crippen LogP) is 3.16. The third-order valence-electron chi connectivity index (χ3n) is 3.36. The molecule has 0 saturated heterocycles. The van der Waals surface area contributed by atoms with Crippen LogP contribution in [0.4, 0.5) is 0 Å². The number of rotatable bonds is 5. The van der Waals surface area contributed by atoms with Crippen LogP contribution in [0.5, 0.6) is 5.75 Å². The van der Waals surface area contributed by atoms with Crippen molar-refractivity contribution in [3.63, 3.8) is 0 Å². The van der Waals surface area contributed by atoms with E-state index in [9.17, 15) is 4.79 Å². The lowest BCUT2D eigenvalue weighted by molar-refractivity contribution is 0.0777. The van der Waals surface area contributed by atoms with Gasteiger partial charge in [-0.25, -0.2) is 4.98 Å². The molecule has 0 radical (unpaired) electrons. The van der Waals surface area contributed by atoms with Crippen LogP contribution in [0.1, 0.15) is 27.3 Å². The summed E-state index contributed by atoms with van der Waals surface area (Å²) >= 11 is 3.02. The van der Waals surface area contributed by atoms with Crippen molar-refractivity contribution in [3.05, 3.63) is 34.1 Å². The lowest BCUT2D eigenvalue weighted by atomic mass is 10.1. The van der Waals surface area contributed by atoms with E-state index >= 15 is 0 Å². The van der Waals surface area contributed by atoms with Gasteiger partial charge in [0.05, 0.1) is 19.3 Å². The molecule has 0 saturated carbocycles. The monoisotopic (exact) mass is 337 g/mol. The number of ether oxygens (including phenoxy) is 1. The Morgan fingerprint density at radius 3 is 2.77 bits per heavy atom. The van der Waals surface area contributed by atoms with E-state index in [1.54, 1.807) is 30.6 Å². The maximum Gasteiger partial charge on any atom is 0.273 e. The molecule has 2 rings (SSSR count). The van der Waals surface area contributed by atoms with Crippen LogP contribution >= 0.6 is 23.1 Å². The second-order valence-corrected chi connectivity index (χ2v) is 6.82. The van der Waals surface area contributed by atoms with Crippen LogP contribution in [0.3, 0.4) is 0 Å². The fraction of sp³-hybridized carbons (Fsp3) is 0.400. The summed E-state index contributed by atoms with van der Waals surface area (Å²) in [6.45, 7) is 4.34. The number of hydrogen-bond acceptors (Lipinski definition) is 6. The highest BCUT2D eigenvalue weighted by molar-refractivity contribution is 8.00. The third-order valence-corrected chi connectivity index (χ3v) is 5.22. The number of aryl methyl sites for hydroxylation is 1. The number of pyridine rings is 1. The number of thioether (sulfide) groups is 1. The minimum absolute atomic E-state index is 0.0997. The summed E-state index contributed by atoms with van der Waals surface area (Å²) in [6.07, 6.45) is 3.72. The minimum atomic E-state index is -0.0997. The predicted molar refractivity (Wildman–Crippen MR) is 90.0 cm³/mol. The Hall–Kier alpha value is -1.60. The molecule has 5 nitrogen and oxygen atoms in total. The number of nitrogens with zero attached hydrogens (tertiary/aromatic N) is 3. The average Bonchev–Trinajstić information content (AvgIpc) is 2.98. The maximum atomic E-state index is 12.4. The van der Waals surface area contributed by atoms with Crippen LogP contribution in [0.2, 0.25) is 0 Å².